The van der Waals surface area contributed by atoms with Gasteiger partial charge < -0.3 is 10.0 Å². The van der Waals surface area contributed by atoms with Crippen molar-refractivity contribution in [1.29, 1.82) is 0 Å². The van der Waals surface area contributed by atoms with Crippen molar-refractivity contribution in [2.75, 3.05) is 19.6 Å². The van der Waals surface area contributed by atoms with Gasteiger partial charge in [-0.3, -0.25) is 4.79 Å². The van der Waals surface area contributed by atoms with Crippen LogP contribution in [0.3, 0.4) is 0 Å². The zero-order chi connectivity index (χ0) is 12.4. The van der Waals surface area contributed by atoms with Crippen LogP contribution in [0.5, 0.6) is 0 Å². The summed E-state index contributed by atoms with van der Waals surface area (Å²) < 4.78 is 0. The first kappa shape index (κ1) is 15.4. The van der Waals surface area contributed by atoms with Crippen LogP contribution in [0.25, 0.3) is 0 Å². The Hall–Kier alpha value is -0.570. The Labute approximate surface area is 99.8 Å². The second-order valence-electron chi connectivity index (χ2n) is 4.43. The molecule has 0 aromatic rings. The van der Waals surface area contributed by atoms with Crippen LogP contribution in [0, 0.1) is 5.92 Å². The molecule has 0 unspecified atom stereocenters. The summed E-state index contributed by atoms with van der Waals surface area (Å²) in [6.07, 6.45) is 4.59. The highest BCUT2D eigenvalue weighted by Gasteiger charge is 2.09. The summed E-state index contributed by atoms with van der Waals surface area (Å²) in [5.74, 6) is 0.113. The Morgan fingerprint density at radius 2 is 1.81 bits per heavy atom. The summed E-state index contributed by atoms with van der Waals surface area (Å²) in [5, 5.41) is 8.54. The second-order valence-corrected chi connectivity index (χ2v) is 4.43. The van der Waals surface area contributed by atoms with Crippen molar-refractivity contribution >= 4 is 5.97 Å². The molecule has 0 aliphatic heterocycles. The zero-order valence-corrected chi connectivity index (χ0v) is 11.0. The average Bonchev–Trinajstić information content (AvgIpc) is 2.28. The third kappa shape index (κ3) is 7.69. The van der Waals surface area contributed by atoms with E-state index in [0.717, 1.165) is 38.4 Å². The van der Waals surface area contributed by atoms with Crippen LogP contribution in [0.4, 0.5) is 0 Å². The number of unbranched alkanes of at least 4 members (excludes halogenated alkanes) is 1. The highest BCUT2D eigenvalue weighted by Crippen LogP contribution is 2.10. The summed E-state index contributed by atoms with van der Waals surface area (Å²) in [5.41, 5.74) is 0. The molecule has 0 aromatic heterocycles. The Morgan fingerprint density at radius 1 is 1.19 bits per heavy atom. The van der Waals surface area contributed by atoms with Crippen LogP contribution in [-0.2, 0) is 4.79 Å². The van der Waals surface area contributed by atoms with E-state index in [2.05, 4.69) is 25.7 Å². The van der Waals surface area contributed by atoms with E-state index < -0.39 is 5.97 Å². The van der Waals surface area contributed by atoms with Crippen LogP contribution >= 0.6 is 0 Å². The number of carboxylic acids is 1. The molecule has 0 aliphatic rings. The maximum Gasteiger partial charge on any atom is 0.303 e. The van der Waals surface area contributed by atoms with E-state index in [9.17, 15) is 4.79 Å². The molecule has 0 heterocycles. The summed E-state index contributed by atoms with van der Waals surface area (Å²) in [4.78, 5) is 12.8. The van der Waals surface area contributed by atoms with Gasteiger partial charge in [-0.05, 0) is 31.8 Å². The monoisotopic (exact) mass is 229 g/mol. The first-order valence-corrected chi connectivity index (χ1v) is 6.58. The summed E-state index contributed by atoms with van der Waals surface area (Å²) in [6, 6.07) is 0. The molecule has 16 heavy (non-hydrogen) atoms. The molecule has 3 nitrogen and oxygen atoms in total. The van der Waals surface area contributed by atoms with E-state index in [4.69, 9.17) is 5.11 Å². The van der Waals surface area contributed by atoms with Gasteiger partial charge in [0.15, 0.2) is 0 Å². The van der Waals surface area contributed by atoms with Crippen molar-refractivity contribution in [3.05, 3.63) is 0 Å². The minimum absolute atomic E-state index is 0.308. The van der Waals surface area contributed by atoms with Gasteiger partial charge in [0.1, 0.15) is 0 Å². The molecule has 0 radical (unpaired) electrons. The summed E-state index contributed by atoms with van der Waals surface area (Å²) >= 11 is 0. The molecule has 0 saturated carbocycles. The molecule has 0 fully saturated rings. The minimum Gasteiger partial charge on any atom is -0.481 e. The molecule has 0 rings (SSSR count). The lowest BCUT2D eigenvalue weighted by molar-refractivity contribution is -0.137. The van der Waals surface area contributed by atoms with Gasteiger partial charge in [-0.1, -0.05) is 33.6 Å². The van der Waals surface area contributed by atoms with E-state index in [0.29, 0.717) is 6.42 Å². The fraction of sp³-hybridized carbons (Fsp3) is 0.923. The molecule has 0 spiro atoms. The summed E-state index contributed by atoms with van der Waals surface area (Å²) in [7, 11) is 0. The van der Waals surface area contributed by atoms with Crippen LogP contribution in [0.2, 0.25) is 0 Å². The first-order valence-electron chi connectivity index (χ1n) is 6.58. The van der Waals surface area contributed by atoms with Gasteiger partial charge in [0.05, 0.1) is 0 Å². The molecular formula is C13H27NO2. The van der Waals surface area contributed by atoms with E-state index in [1.165, 1.54) is 12.8 Å². The largest absolute Gasteiger partial charge is 0.481 e. The number of carboxylic acid groups (broad SMARTS) is 1. The number of nitrogens with zero attached hydrogens (tertiary/aromatic N) is 1. The fourth-order valence-electron chi connectivity index (χ4n) is 1.90. The lowest BCUT2D eigenvalue weighted by Crippen LogP contribution is -2.30. The first-order chi connectivity index (χ1) is 7.63. The van der Waals surface area contributed by atoms with Crippen molar-refractivity contribution in [3.63, 3.8) is 0 Å². The van der Waals surface area contributed by atoms with Gasteiger partial charge in [-0.2, -0.15) is 0 Å². The molecule has 3 heteroatoms. The topological polar surface area (TPSA) is 40.5 Å². The van der Waals surface area contributed by atoms with E-state index in [1.54, 1.807) is 0 Å². The van der Waals surface area contributed by atoms with Crippen LogP contribution < -0.4 is 0 Å². The van der Waals surface area contributed by atoms with Crippen molar-refractivity contribution in [3.8, 4) is 0 Å². The Kier molecular flexibility index (Phi) is 9.30. The molecule has 0 bridgehead atoms. The number of hydrogen-bond donors (Lipinski definition) is 1. The second kappa shape index (κ2) is 9.64. The molecule has 0 aromatic carbocycles. The van der Waals surface area contributed by atoms with Crippen molar-refractivity contribution < 1.29 is 9.90 Å². The molecule has 0 atom stereocenters. The van der Waals surface area contributed by atoms with Gasteiger partial charge >= 0.3 is 5.97 Å². The molecule has 0 saturated heterocycles. The Morgan fingerprint density at radius 3 is 2.25 bits per heavy atom. The van der Waals surface area contributed by atoms with Gasteiger partial charge in [0.2, 0.25) is 0 Å². The maximum atomic E-state index is 10.4. The standard InChI is InChI=1S/C13H27NO2/c1-4-12(5-2)11-14(6-3)10-8-7-9-13(15)16/h12H,4-11H2,1-3H3,(H,15,16). The summed E-state index contributed by atoms with van der Waals surface area (Å²) in [6.45, 7) is 9.94. The van der Waals surface area contributed by atoms with Crippen molar-refractivity contribution in [1.82, 2.24) is 4.90 Å². The van der Waals surface area contributed by atoms with Gasteiger partial charge in [0.25, 0.3) is 0 Å². The minimum atomic E-state index is -0.678. The van der Waals surface area contributed by atoms with E-state index >= 15 is 0 Å². The highest BCUT2D eigenvalue weighted by molar-refractivity contribution is 5.66. The van der Waals surface area contributed by atoms with Crippen LogP contribution in [0.1, 0.15) is 52.9 Å². The average molecular weight is 229 g/mol. The lowest BCUT2D eigenvalue weighted by atomic mass is 10.0. The predicted octanol–water partition coefficient (Wildman–Crippen LogP) is 3.00. The van der Waals surface area contributed by atoms with Crippen LogP contribution in [-0.4, -0.2) is 35.6 Å². The van der Waals surface area contributed by atoms with Gasteiger partial charge in [-0.25, -0.2) is 0 Å². The SMILES string of the molecule is CCC(CC)CN(CC)CCCCC(=O)O. The van der Waals surface area contributed by atoms with Gasteiger partial charge in [-0.15, -0.1) is 0 Å². The fourth-order valence-corrected chi connectivity index (χ4v) is 1.90. The van der Waals surface area contributed by atoms with Crippen molar-refractivity contribution in [2.24, 2.45) is 5.92 Å². The molecule has 1 N–H and O–H groups in total. The van der Waals surface area contributed by atoms with Gasteiger partial charge in [0, 0.05) is 13.0 Å². The maximum absolute atomic E-state index is 10.4. The molecule has 0 amide bonds. The number of hydrogen-bond acceptors (Lipinski definition) is 2. The molecular weight excluding hydrogens is 202 g/mol. The third-order valence-electron chi connectivity index (χ3n) is 3.23. The highest BCUT2D eigenvalue weighted by atomic mass is 16.4. The Bertz CT molecular complexity index is 179. The number of rotatable bonds is 10. The predicted molar refractivity (Wildman–Crippen MR) is 67.7 cm³/mol. The molecule has 96 valence electrons. The van der Waals surface area contributed by atoms with E-state index in [-0.39, 0.29) is 0 Å². The lowest BCUT2D eigenvalue weighted by Gasteiger charge is -2.25. The smallest absolute Gasteiger partial charge is 0.303 e. The molecule has 0 aliphatic carbocycles. The quantitative estimate of drug-likeness (QED) is 0.585. The normalized spacial score (nSPS) is 11.3. The number of aliphatic carboxylic acids is 1. The van der Waals surface area contributed by atoms with Crippen molar-refractivity contribution in [2.45, 2.75) is 52.9 Å². The third-order valence-corrected chi connectivity index (χ3v) is 3.23. The van der Waals surface area contributed by atoms with E-state index in [1.807, 2.05) is 0 Å². The number of carbonyl (C=O) groups is 1. The Balaban J connectivity index is 3.69. The zero-order valence-electron chi connectivity index (χ0n) is 11.0. The van der Waals surface area contributed by atoms with Crippen LogP contribution in [0.15, 0.2) is 0 Å².